The quantitative estimate of drug-likeness (QED) is 0.769. The second-order valence-corrected chi connectivity index (χ2v) is 7.14. The summed E-state index contributed by atoms with van der Waals surface area (Å²) in [6.45, 7) is 10.1. The fourth-order valence-electron chi connectivity index (χ4n) is 3.39. The summed E-state index contributed by atoms with van der Waals surface area (Å²) in [6, 6.07) is 6.19. The maximum Gasteiger partial charge on any atom is 0.227 e. The topological polar surface area (TPSA) is 55.9 Å². The maximum absolute atomic E-state index is 12.5. The summed E-state index contributed by atoms with van der Waals surface area (Å²) in [5.74, 6) is -0.275. The molecule has 1 aliphatic rings. The third-order valence-electron chi connectivity index (χ3n) is 4.95. The fourth-order valence-corrected chi connectivity index (χ4v) is 3.39. The van der Waals surface area contributed by atoms with Gasteiger partial charge in [0.15, 0.2) is 0 Å². The highest BCUT2D eigenvalue weighted by atomic mass is 16.2. The summed E-state index contributed by atoms with van der Waals surface area (Å²) in [4.78, 5) is 30.9. The average molecular weight is 361 g/mol. The number of anilines is 2. The van der Waals surface area contributed by atoms with Gasteiger partial charge in [0.2, 0.25) is 11.8 Å². The van der Waals surface area contributed by atoms with Crippen molar-refractivity contribution in [3.8, 4) is 0 Å². The summed E-state index contributed by atoms with van der Waals surface area (Å²) in [5.41, 5.74) is 3.15. The van der Waals surface area contributed by atoms with E-state index in [4.69, 9.17) is 0 Å². The van der Waals surface area contributed by atoms with E-state index in [1.165, 1.54) is 5.69 Å². The summed E-state index contributed by atoms with van der Waals surface area (Å²) in [5, 5.41) is 2.94. The van der Waals surface area contributed by atoms with Crippen LogP contribution in [-0.4, -0.2) is 63.5 Å². The summed E-state index contributed by atoms with van der Waals surface area (Å²) in [7, 11) is 3.94. The number of amides is 2. The summed E-state index contributed by atoms with van der Waals surface area (Å²) < 4.78 is 0. The van der Waals surface area contributed by atoms with Gasteiger partial charge >= 0.3 is 0 Å². The van der Waals surface area contributed by atoms with Gasteiger partial charge in [-0.05, 0) is 58.6 Å². The fraction of sp³-hybridized carbons (Fsp3) is 0.600. The Morgan fingerprint density at radius 1 is 1.27 bits per heavy atom. The van der Waals surface area contributed by atoms with Crippen LogP contribution in [0.15, 0.2) is 18.2 Å². The zero-order valence-corrected chi connectivity index (χ0v) is 16.7. The zero-order chi connectivity index (χ0) is 19.3. The molecule has 0 radical (unpaired) electrons. The minimum Gasteiger partial charge on any atom is -0.372 e. The Morgan fingerprint density at radius 3 is 2.54 bits per heavy atom. The molecule has 1 aromatic carbocycles. The highest BCUT2D eigenvalue weighted by molar-refractivity contribution is 6.01. The van der Waals surface area contributed by atoms with Crippen molar-refractivity contribution < 1.29 is 9.59 Å². The van der Waals surface area contributed by atoms with Gasteiger partial charge in [-0.2, -0.15) is 0 Å². The molecule has 1 N–H and O–H groups in total. The molecule has 1 aliphatic heterocycles. The number of hydrogen-bond acceptors (Lipinski definition) is 4. The predicted molar refractivity (Wildman–Crippen MR) is 107 cm³/mol. The van der Waals surface area contributed by atoms with Crippen LogP contribution in [0.25, 0.3) is 0 Å². The van der Waals surface area contributed by atoms with Gasteiger partial charge in [0, 0.05) is 50.5 Å². The molecule has 1 aromatic rings. The molecule has 2 amide bonds. The maximum atomic E-state index is 12.5. The van der Waals surface area contributed by atoms with Crippen LogP contribution in [0.3, 0.4) is 0 Å². The number of hydrogen-bond donors (Lipinski definition) is 1. The van der Waals surface area contributed by atoms with Crippen molar-refractivity contribution >= 4 is 23.2 Å². The lowest BCUT2D eigenvalue weighted by Crippen LogP contribution is -2.36. The second-order valence-electron chi connectivity index (χ2n) is 7.14. The Kier molecular flexibility index (Phi) is 7.03. The third kappa shape index (κ3) is 4.75. The zero-order valence-electron chi connectivity index (χ0n) is 16.7. The Labute approximate surface area is 157 Å². The molecular weight excluding hydrogens is 328 g/mol. The van der Waals surface area contributed by atoms with E-state index in [2.05, 4.69) is 36.2 Å². The van der Waals surface area contributed by atoms with Crippen molar-refractivity contribution in [3.05, 3.63) is 23.8 Å². The van der Waals surface area contributed by atoms with E-state index >= 15 is 0 Å². The van der Waals surface area contributed by atoms with E-state index < -0.39 is 0 Å². The van der Waals surface area contributed by atoms with Gasteiger partial charge in [0.1, 0.15) is 0 Å². The van der Waals surface area contributed by atoms with Crippen LogP contribution in [0.4, 0.5) is 11.4 Å². The first kappa shape index (κ1) is 20.2. The first-order valence-corrected chi connectivity index (χ1v) is 9.45. The van der Waals surface area contributed by atoms with Gasteiger partial charge in [-0.3, -0.25) is 9.59 Å². The molecular formula is C20H32N4O2. The molecule has 26 heavy (non-hydrogen) atoms. The van der Waals surface area contributed by atoms with Crippen LogP contribution < -0.4 is 15.1 Å². The molecule has 2 rings (SSSR count). The molecule has 6 heteroatoms. The van der Waals surface area contributed by atoms with Crippen molar-refractivity contribution in [1.29, 1.82) is 0 Å². The van der Waals surface area contributed by atoms with E-state index in [0.717, 1.165) is 30.9 Å². The van der Waals surface area contributed by atoms with E-state index in [0.29, 0.717) is 13.1 Å². The number of benzene rings is 1. The van der Waals surface area contributed by atoms with Crippen LogP contribution >= 0.6 is 0 Å². The number of nitrogens with one attached hydrogen (secondary N) is 1. The van der Waals surface area contributed by atoms with Crippen LogP contribution in [0.2, 0.25) is 0 Å². The molecule has 0 aliphatic carbocycles. The van der Waals surface area contributed by atoms with Crippen molar-refractivity contribution in [2.24, 2.45) is 5.92 Å². The molecule has 6 nitrogen and oxygen atoms in total. The van der Waals surface area contributed by atoms with Crippen LogP contribution in [0, 0.1) is 12.8 Å². The summed E-state index contributed by atoms with van der Waals surface area (Å²) >= 11 is 0. The number of carbonyl (C=O) groups is 2. The first-order valence-electron chi connectivity index (χ1n) is 9.45. The van der Waals surface area contributed by atoms with Crippen LogP contribution in [0.1, 0.15) is 25.8 Å². The lowest BCUT2D eigenvalue weighted by atomic mass is 10.1. The minimum absolute atomic E-state index is 0.0245. The van der Waals surface area contributed by atoms with Gasteiger partial charge < -0.3 is 20.0 Å². The van der Waals surface area contributed by atoms with E-state index in [9.17, 15) is 9.59 Å². The number of rotatable bonds is 8. The number of aryl methyl sites for hydroxylation is 1. The van der Waals surface area contributed by atoms with E-state index in [1.54, 1.807) is 4.90 Å². The molecule has 0 spiro atoms. The molecule has 1 fully saturated rings. The molecule has 1 unspecified atom stereocenters. The van der Waals surface area contributed by atoms with Crippen molar-refractivity contribution in [1.82, 2.24) is 10.2 Å². The van der Waals surface area contributed by atoms with Crippen molar-refractivity contribution in [2.45, 2.75) is 27.2 Å². The smallest absolute Gasteiger partial charge is 0.227 e. The molecule has 0 bridgehead atoms. The van der Waals surface area contributed by atoms with E-state index in [-0.39, 0.29) is 24.2 Å². The Hall–Kier alpha value is -2.08. The first-order chi connectivity index (χ1) is 12.4. The van der Waals surface area contributed by atoms with Crippen LogP contribution in [-0.2, 0) is 9.59 Å². The minimum atomic E-state index is -0.272. The van der Waals surface area contributed by atoms with Crippen LogP contribution in [0.5, 0.6) is 0 Å². The number of carbonyl (C=O) groups excluding carboxylic acids is 2. The molecule has 1 saturated heterocycles. The lowest BCUT2D eigenvalue weighted by Gasteiger charge is -2.24. The molecule has 1 heterocycles. The van der Waals surface area contributed by atoms with Gasteiger partial charge in [0.05, 0.1) is 5.92 Å². The lowest BCUT2D eigenvalue weighted by molar-refractivity contribution is -0.126. The van der Waals surface area contributed by atoms with Gasteiger partial charge in [0.25, 0.3) is 0 Å². The third-order valence-corrected chi connectivity index (χ3v) is 4.95. The largest absolute Gasteiger partial charge is 0.372 e. The van der Waals surface area contributed by atoms with Crippen molar-refractivity contribution in [3.63, 3.8) is 0 Å². The molecule has 0 saturated carbocycles. The highest BCUT2D eigenvalue weighted by Gasteiger charge is 2.35. The van der Waals surface area contributed by atoms with Gasteiger partial charge in [-0.1, -0.05) is 0 Å². The van der Waals surface area contributed by atoms with Gasteiger partial charge in [-0.25, -0.2) is 0 Å². The average Bonchev–Trinajstić information content (AvgIpc) is 2.97. The molecule has 1 atom stereocenters. The van der Waals surface area contributed by atoms with Gasteiger partial charge in [-0.15, -0.1) is 0 Å². The second kappa shape index (κ2) is 9.03. The SMILES string of the molecule is CCN(CC)c1ccc(N2CC(C(=O)NCCN(C)C)CC2=O)c(C)c1. The Bertz CT molecular complexity index is 641. The van der Waals surface area contributed by atoms with E-state index in [1.807, 2.05) is 32.0 Å². The predicted octanol–water partition coefficient (Wildman–Crippen LogP) is 1.87. The highest BCUT2D eigenvalue weighted by Crippen LogP contribution is 2.30. The molecule has 0 aromatic heterocycles. The molecule has 144 valence electrons. The normalized spacial score (nSPS) is 17.1. The number of likely N-dealkylation sites (N-methyl/N-ethyl adjacent to an activating group) is 1. The standard InChI is InChI=1S/C20H32N4O2/c1-6-23(7-2)17-8-9-18(15(3)12-17)24-14-16(13-19(24)25)20(26)21-10-11-22(4)5/h8-9,12,16H,6-7,10-11,13-14H2,1-5H3,(H,21,26). The number of nitrogens with zero attached hydrogens (tertiary/aromatic N) is 3. The summed E-state index contributed by atoms with van der Waals surface area (Å²) in [6.07, 6.45) is 0.283. The Morgan fingerprint density at radius 2 is 1.96 bits per heavy atom. The Balaban J connectivity index is 2.05. The van der Waals surface area contributed by atoms with Crippen molar-refractivity contribution in [2.75, 3.05) is 56.6 Å². The monoisotopic (exact) mass is 360 g/mol.